The molecule has 1 N–H and O–H groups in total. The van der Waals surface area contributed by atoms with E-state index < -0.39 is 0 Å². The molecule has 2 aliphatic rings. The largest absolute Gasteiger partial charge is 0.392 e. The second-order valence-corrected chi connectivity index (χ2v) is 4.30. The summed E-state index contributed by atoms with van der Waals surface area (Å²) in [7, 11) is 0. The summed E-state index contributed by atoms with van der Waals surface area (Å²) in [6.45, 7) is 6.01. The quantitative estimate of drug-likeness (QED) is 0.679. The van der Waals surface area contributed by atoms with Crippen LogP contribution in [0.4, 0.5) is 0 Å². The van der Waals surface area contributed by atoms with Crippen molar-refractivity contribution < 1.29 is 9.84 Å². The van der Waals surface area contributed by atoms with Crippen molar-refractivity contribution in [1.29, 1.82) is 0 Å². The van der Waals surface area contributed by atoms with Crippen LogP contribution in [0.25, 0.3) is 0 Å². The maximum absolute atomic E-state index is 9.42. The number of aliphatic hydroxyl groups excluding tert-OH is 1. The van der Waals surface area contributed by atoms with Gasteiger partial charge in [-0.2, -0.15) is 0 Å². The highest BCUT2D eigenvalue weighted by Crippen LogP contribution is 2.23. The summed E-state index contributed by atoms with van der Waals surface area (Å²) >= 11 is 0. The third-order valence-corrected chi connectivity index (χ3v) is 3.42. The van der Waals surface area contributed by atoms with E-state index in [1.54, 1.807) is 0 Å². The van der Waals surface area contributed by atoms with Crippen molar-refractivity contribution in [2.24, 2.45) is 5.92 Å². The third kappa shape index (κ3) is 2.03. The molecule has 0 amide bonds. The Labute approximate surface area is 79.7 Å². The molecule has 2 heterocycles. The minimum absolute atomic E-state index is 0.0928. The first kappa shape index (κ1) is 9.44. The first-order valence-electron chi connectivity index (χ1n) is 5.27. The maximum atomic E-state index is 9.42. The smallest absolute Gasteiger partial charge is 0.0679 e. The standard InChI is InChI=1S/C10H19NO2/c1-8(9-3-5-13-7-9)11-4-2-10(12)6-11/h8-10,12H,2-7H2,1H3/t8?,9?,10-/m0/s1. The molecule has 0 aromatic carbocycles. The van der Waals surface area contributed by atoms with Gasteiger partial charge < -0.3 is 9.84 Å². The van der Waals surface area contributed by atoms with Gasteiger partial charge in [-0.05, 0) is 25.7 Å². The molecule has 3 atom stereocenters. The van der Waals surface area contributed by atoms with Crippen molar-refractivity contribution in [2.75, 3.05) is 26.3 Å². The van der Waals surface area contributed by atoms with Gasteiger partial charge in [0.2, 0.25) is 0 Å². The first-order chi connectivity index (χ1) is 6.27. The van der Waals surface area contributed by atoms with E-state index in [1.807, 2.05) is 0 Å². The van der Waals surface area contributed by atoms with Crippen LogP contribution >= 0.6 is 0 Å². The molecular formula is C10H19NO2. The molecule has 0 aromatic heterocycles. The summed E-state index contributed by atoms with van der Waals surface area (Å²) in [4.78, 5) is 2.39. The molecule has 2 fully saturated rings. The Morgan fingerprint density at radius 3 is 2.85 bits per heavy atom. The SMILES string of the molecule is CC(C1CCOC1)N1CC[C@H](O)C1. The van der Waals surface area contributed by atoms with Crippen molar-refractivity contribution >= 4 is 0 Å². The van der Waals surface area contributed by atoms with Crippen LogP contribution in [-0.4, -0.2) is 48.5 Å². The summed E-state index contributed by atoms with van der Waals surface area (Å²) in [5.41, 5.74) is 0. The van der Waals surface area contributed by atoms with Crippen molar-refractivity contribution in [3.05, 3.63) is 0 Å². The van der Waals surface area contributed by atoms with Gasteiger partial charge in [0.25, 0.3) is 0 Å². The Balaban J connectivity index is 1.85. The molecule has 0 bridgehead atoms. The van der Waals surface area contributed by atoms with Gasteiger partial charge in [-0.25, -0.2) is 0 Å². The summed E-state index contributed by atoms with van der Waals surface area (Å²) < 4.78 is 5.38. The van der Waals surface area contributed by atoms with Crippen molar-refractivity contribution in [2.45, 2.75) is 31.9 Å². The number of ether oxygens (including phenoxy) is 1. The maximum Gasteiger partial charge on any atom is 0.0679 e. The van der Waals surface area contributed by atoms with E-state index in [1.165, 1.54) is 6.42 Å². The molecule has 13 heavy (non-hydrogen) atoms. The van der Waals surface area contributed by atoms with Crippen LogP contribution in [0, 0.1) is 5.92 Å². The van der Waals surface area contributed by atoms with E-state index in [4.69, 9.17) is 4.74 Å². The van der Waals surface area contributed by atoms with Crippen molar-refractivity contribution in [3.63, 3.8) is 0 Å². The molecule has 0 aromatic rings. The fourth-order valence-corrected chi connectivity index (χ4v) is 2.37. The highest BCUT2D eigenvalue weighted by atomic mass is 16.5. The van der Waals surface area contributed by atoms with E-state index in [-0.39, 0.29) is 6.10 Å². The molecule has 0 spiro atoms. The predicted octanol–water partition coefficient (Wildman–Crippen LogP) is 0.478. The van der Waals surface area contributed by atoms with Crippen LogP contribution in [-0.2, 0) is 4.74 Å². The van der Waals surface area contributed by atoms with E-state index >= 15 is 0 Å². The zero-order valence-corrected chi connectivity index (χ0v) is 8.28. The number of β-amino-alcohol motifs (C(OH)–C–C–N with tert-alkyl or cyclic N) is 1. The van der Waals surface area contributed by atoms with Crippen LogP contribution in [0.3, 0.4) is 0 Å². The van der Waals surface area contributed by atoms with Crippen LogP contribution in [0.15, 0.2) is 0 Å². The number of hydrogen-bond acceptors (Lipinski definition) is 3. The summed E-state index contributed by atoms with van der Waals surface area (Å²) in [5.74, 6) is 0.685. The lowest BCUT2D eigenvalue weighted by molar-refractivity contribution is 0.125. The summed E-state index contributed by atoms with van der Waals surface area (Å²) in [5, 5.41) is 9.42. The minimum Gasteiger partial charge on any atom is -0.392 e. The number of aliphatic hydroxyl groups is 1. The fourth-order valence-electron chi connectivity index (χ4n) is 2.37. The van der Waals surface area contributed by atoms with Gasteiger partial charge in [-0.3, -0.25) is 4.90 Å². The lowest BCUT2D eigenvalue weighted by atomic mass is 10.00. The Hall–Kier alpha value is -0.120. The van der Waals surface area contributed by atoms with Gasteiger partial charge in [0, 0.05) is 25.7 Å². The number of hydrogen-bond donors (Lipinski definition) is 1. The first-order valence-corrected chi connectivity index (χ1v) is 5.27. The fraction of sp³-hybridized carbons (Fsp3) is 1.00. The number of nitrogens with zero attached hydrogens (tertiary/aromatic N) is 1. The van der Waals surface area contributed by atoms with Gasteiger partial charge in [0.15, 0.2) is 0 Å². The molecule has 76 valence electrons. The molecule has 3 nitrogen and oxygen atoms in total. The van der Waals surface area contributed by atoms with E-state index in [9.17, 15) is 5.11 Å². The number of rotatable bonds is 2. The summed E-state index contributed by atoms with van der Waals surface area (Å²) in [6.07, 6.45) is 2.04. The molecule has 0 saturated carbocycles. The molecule has 2 rings (SSSR count). The van der Waals surface area contributed by atoms with Gasteiger partial charge >= 0.3 is 0 Å². The average molecular weight is 185 g/mol. The lowest BCUT2D eigenvalue weighted by Crippen LogP contribution is -2.37. The minimum atomic E-state index is -0.0928. The average Bonchev–Trinajstić information content (AvgIpc) is 2.72. The highest BCUT2D eigenvalue weighted by molar-refractivity contribution is 4.84. The normalized spacial score (nSPS) is 38.3. The zero-order valence-electron chi connectivity index (χ0n) is 8.28. The van der Waals surface area contributed by atoms with Gasteiger partial charge in [-0.1, -0.05) is 0 Å². The molecule has 3 heteroatoms. The van der Waals surface area contributed by atoms with E-state index in [0.29, 0.717) is 12.0 Å². The Bertz CT molecular complexity index is 168. The molecule has 0 aliphatic carbocycles. The van der Waals surface area contributed by atoms with Crippen LogP contribution in [0.5, 0.6) is 0 Å². The molecule has 0 radical (unpaired) electrons. The molecule has 2 aliphatic heterocycles. The monoisotopic (exact) mass is 185 g/mol. The molecule has 2 saturated heterocycles. The van der Waals surface area contributed by atoms with Gasteiger partial charge in [0.05, 0.1) is 12.7 Å². The van der Waals surface area contributed by atoms with Gasteiger partial charge in [-0.15, -0.1) is 0 Å². The topological polar surface area (TPSA) is 32.7 Å². The second-order valence-electron chi connectivity index (χ2n) is 4.30. The summed E-state index contributed by atoms with van der Waals surface area (Å²) in [6, 6.07) is 0.583. The van der Waals surface area contributed by atoms with Crippen LogP contribution in [0.1, 0.15) is 19.8 Å². The Morgan fingerprint density at radius 1 is 1.46 bits per heavy atom. The van der Waals surface area contributed by atoms with Crippen LogP contribution in [0.2, 0.25) is 0 Å². The highest BCUT2D eigenvalue weighted by Gasteiger charge is 2.31. The van der Waals surface area contributed by atoms with E-state index in [2.05, 4.69) is 11.8 Å². The lowest BCUT2D eigenvalue weighted by Gasteiger charge is -2.28. The predicted molar refractivity (Wildman–Crippen MR) is 50.6 cm³/mol. The van der Waals surface area contributed by atoms with Crippen LogP contribution < -0.4 is 0 Å². The Morgan fingerprint density at radius 2 is 2.31 bits per heavy atom. The molecule has 2 unspecified atom stereocenters. The zero-order chi connectivity index (χ0) is 9.26. The van der Waals surface area contributed by atoms with Crippen molar-refractivity contribution in [1.82, 2.24) is 4.90 Å². The Kier molecular flexibility index (Phi) is 2.86. The second kappa shape index (κ2) is 3.95. The number of likely N-dealkylation sites (tertiary alicyclic amines) is 1. The third-order valence-electron chi connectivity index (χ3n) is 3.42. The van der Waals surface area contributed by atoms with Crippen molar-refractivity contribution in [3.8, 4) is 0 Å². The van der Waals surface area contributed by atoms with Gasteiger partial charge in [0.1, 0.15) is 0 Å². The van der Waals surface area contributed by atoms with E-state index in [0.717, 1.165) is 32.7 Å². The molecular weight excluding hydrogens is 166 g/mol.